The van der Waals surface area contributed by atoms with Gasteiger partial charge in [0.25, 0.3) is 0 Å². The maximum absolute atomic E-state index is 5.95. The fourth-order valence-corrected chi connectivity index (χ4v) is 2.26. The monoisotopic (exact) mass is 224 g/mol. The average Bonchev–Trinajstić information content (AvgIpc) is 2.64. The molecule has 1 aromatic rings. The largest absolute Gasteiger partial charge is 0.338 e. The van der Waals surface area contributed by atoms with Gasteiger partial charge in [0.1, 0.15) is 0 Å². The number of aromatic nitrogens is 2. The molecule has 1 saturated heterocycles. The van der Waals surface area contributed by atoms with Crippen LogP contribution in [0.1, 0.15) is 31.5 Å². The summed E-state index contributed by atoms with van der Waals surface area (Å²) in [6.07, 6.45) is 2.44. The molecule has 0 aliphatic carbocycles. The Kier molecular flexibility index (Phi) is 3.56. The SMILES string of the molecule is Cc1noc(CN2CCCC(C(C)N)C2)n1. The summed E-state index contributed by atoms with van der Waals surface area (Å²) in [6.45, 7) is 6.83. The van der Waals surface area contributed by atoms with Crippen LogP contribution >= 0.6 is 0 Å². The molecule has 1 aliphatic heterocycles. The average molecular weight is 224 g/mol. The van der Waals surface area contributed by atoms with Crippen LogP contribution < -0.4 is 5.73 Å². The number of aryl methyl sites for hydroxylation is 1. The summed E-state index contributed by atoms with van der Waals surface area (Å²) in [5, 5.41) is 3.80. The smallest absolute Gasteiger partial charge is 0.240 e. The molecule has 1 fully saturated rings. The van der Waals surface area contributed by atoms with E-state index < -0.39 is 0 Å². The molecular formula is C11H20N4O. The van der Waals surface area contributed by atoms with Crippen LogP contribution in [0.5, 0.6) is 0 Å². The van der Waals surface area contributed by atoms with Gasteiger partial charge in [0.05, 0.1) is 6.54 Å². The Bertz CT molecular complexity index is 336. The Balaban J connectivity index is 1.90. The van der Waals surface area contributed by atoms with E-state index in [2.05, 4.69) is 22.0 Å². The summed E-state index contributed by atoms with van der Waals surface area (Å²) < 4.78 is 5.13. The van der Waals surface area contributed by atoms with Crippen molar-refractivity contribution in [3.05, 3.63) is 11.7 Å². The van der Waals surface area contributed by atoms with Crippen LogP contribution in [0.4, 0.5) is 0 Å². The minimum absolute atomic E-state index is 0.271. The van der Waals surface area contributed by atoms with Gasteiger partial charge in [-0.25, -0.2) is 0 Å². The standard InChI is InChI=1S/C11H20N4O/c1-8(12)10-4-3-5-15(6-10)7-11-13-9(2)14-16-11/h8,10H,3-7,12H2,1-2H3. The Morgan fingerprint density at radius 3 is 3.06 bits per heavy atom. The van der Waals surface area contributed by atoms with E-state index in [1.807, 2.05) is 6.92 Å². The van der Waals surface area contributed by atoms with Crippen molar-refractivity contribution in [2.24, 2.45) is 11.7 Å². The molecule has 2 rings (SSSR count). The quantitative estimate of drug-likeness (QED) is 0.827. The van der Waals surface area contributed by atoms with Gasteiger partial charge in [-0.05, 0) is 39.2 Å². The molecule has 2 N–H and O–H groups in total. The number of likely N-dealkylation sites (tertiary alicyclic amines) is 1. The normalized spacial score (nSPS) is 24.6. The van der Waals surface area contributed by atoms with E-state index >= 15 is 0 Å². The second-order valence-corrected chi connectivity index (χ2v) is 4.73. The molecule has 2 heterocycles. The minimum atomic E-state index is 0.271. The molecule has 5 nitrogen and oxygen atoms in total. The predicted molar refractivity (Wildman–Crippen MR) is 60.7 cm³/mol. The molecule has 0 spiro atoms. The first-order valence-electron chi connectivity index (χ1n) is 5.92. The lowest BCUT2D eigenvalue weighted by atomic mass is 9.92. The lowest BCUT2D eigenvalue weighted by Gasteiger charge is -2.33. The van der Waals surface area contributed by atoms with Crippen LogP contribution in [-0.4, -0.2) is 34.2 Å². The summed E-state index contributed by atoms with van der Waals surface area (Å²) in [7, 11) is 0. The van der Waals surface area contributed by atoms with Gasteiger partial charge in [-0.1, -0.05) is 5.16 Å². The minimum Gasteiger partial charge on any atom is -0.338 e. The molecule has 1 aliphatic rings. The van der Waals surface area contributed by atoms with E-state index in [9.17, 15) is 0 Å². The van der Waals surface area contributed by atoms with Crippen molar-refractivity contribution in [1.29, 1.82) is 0 Å². The molecule has 0 amide bonds. The molecule has 5 heteroatoms. The van der Waals surface area contributed by atoms with Gasteiger partial charge in [-0.15, -0.1) is 0 Å². The molecule has 90 valence electrons. The second kappa shape index (κ2) is 4.93. The van der Waals surface area contributed by atoms with Crippen molar-refractivity contribution >= 4 is 0 Å². The zero-order valence-corrected chi connectivity index (χ0v) is 10.0. The molecular weight excluding hydrogens is 204 g/mol. The summed E-state index contributed by atoms with van der Waals surface area (Å²) >= 11 is 0. The Hall–Kier alpha value is -0.940. The van der Waals surface area contributed by atoms with E-state index in [-0.39, 0.29) is 6.04 Å². The van der Waals surface area contributed by atoms with Crippen LogP contribution in [0.3, 0.4) is 0 Å². The highest BCUT2D eigenvalue weighted by Crippen LogP contribution is 2.19. The zero-order chi connectivity index (χ0) is 11.5. The highest BCUT2D eigenvalue weighted by molar-refractivity contribution is 4.85. The summed E-state index contributed by atoms with van der Waals surface area (Å²) in [4.78, 5) is 6.58. The van der Waals surface area contributed by atoms with Gasteiger partial charge in [0, 0.05) is 12.6 Å². The molecule has 2 atom stereocenters. The maximum Gasteiger partial charge on any atom is 0.240 e. The van der Waals surface area contributed by atoms with Crippen molar-refractivity contribution in [2.45, 2.75) is 39.3 Å². The third-order valence-corrected chi connectivity index (χ3v) is 3.21. The number of rotatable bonds is 3. The lowest BCUT2D eigenvalue weighted by molar-refractivity contribution is 0.139. The first-order valence-corrected chi connectivity index (χ1v) is 5.92. The molecule has 0 aromatic carbocycles. The van der Waals surface area contributed by atoms with Crippen molar-refractivity contribution in [3.63, 3.8) is 0 Å². The van der Waals surface area contributed by atoms with Crippen LogP contribution in [0, 0.1) is 12.8 Å². The summed E-state index contributed by atoms with van der Waals surface area (Å²) in [6, 6.07) is 0.271. The number of nitrogens with two attached hydrogens (primary N) is 1. The first-order chi connectivity index (χ1) is 7.65. The van der Waals surface area contributed by atoms with E-state index in [1.165, 1.54) is 12.8 Å². The molecule has 16 heavy (non-hydrogen) atoms. The highest BCUT2D eigenvalue weighted by atomic mass is 16.5. The molecule has 0 saturated carbocycles. The first kappa shape index (κ1) is 11.5. The van der Waals surface area contributed by atoms with Crippen LogP contribution in [-0.2, 0) is 6.54 Å². The number of nitrogens with zero attached hydrogens (tertiary/aromatic N) is 3. The van der Waals surface area contributed by atoms with Crippen LogP contribution in [0.15, 0.2) is 4.52 Å². The van der Waals surface area contributed by atoms with E-state index in [1.54, 1.807) is 0 Å². The fourth-order valence-electron chi connectivity index (χ4n) is 2.26. The van der Waals surface area contributed by atoms with Crippen molar-refractivity contribution < 1.29 is 4.52 Å². The van der Waals surface area contributed by atoms with Crippen molar-refractivity contribution in [2.75, 3.05) is 13.1 Å². The molecule has 2 unspecified atom stereocenters. The topological polar surface area (TPSA) is 68.2 Å². The van der Waals surface area contributed by atoms with E-state index in [4.69, 9.17) is 10.3 Å². The Morgan fingerprint density at radius 2 is 2.44 bits per heavy atom. The van der Waals surface area contributed by atoms with E-state index in [0.717, 1.165) is 19.6 Å². The van der Waals surface area contributed by atoms with E-state index in [0.29, 0.717) is 17.6 Å². The number of hydrogen-bond acceptors (Lipinski definition) is 5. The Labute approximate surface area is 96.0 Å². The third-order valence-electron chi connectivity index (χ3n) is 3.21. The van der Waals surface area contributed by atoms with Gasteiger partial charge in [0.15, 0.2) is 5.82 Å². The fraction of sp³-hybridized carbons (Fsp3) is 0.818. The van der Waals surface area contributed by atoms with Crippen molar-refractivity contribution in [1.82, 2.24) is 15.0 Å². The molecule has 0 bridgehead atoms. The van der Waals surface area contributed by atoms with Crippen molar-refractivity contribution in [3.8, 4) is 0 Å². The zero-order valence-electron chi connectivity index (χ0n) is 10.0. The number of piperidine rings is 1. The summed E-state index contributed by atoms with van der Waals surface area (Å²) in [5.41, 5.74) is 5.95. The third kappa shape index (κ3) is 2.80. The predicted octanol–water partition coefficient (Wildman–Crippen LogP) is 0.937. The molecule has 1 aromatic heterocycles. The van der Waals surface area contributed by atoms with Gasteiger partial charge in [0.2, 0.25) is 5.89 Å². The second-order valence-electron chi connectivity index (χ2n) is 4.73. The van der Waals surface area contributed by atoms with Gasteiger partial charge < -0.3 is 10.3 Å². The van der Waals surface area contributed by atoms with Crippen LogP contribution in [0.25, 0.3) is 0 Å². The molecule has 0 radical (unpaired) electrons. The Morgan fingerprint density at radius 1 is 1.62 bits per heavy atom. The maximum atomic E-state index is 5.95. The van der Waals surface area contributed by atoms with Gasteiger partial charge in [-0.3, -0.25) is 4.90 Å². The number of hydrogen-bond donors (Lipinski definition) is 1. The lowest BCUT2D eigenvalue weighted by Crippen LogP contribution is -2.41. The van der Waals surface area contributed by atoms with Crippen LogP contribution in [0.2, 0.25) is 0 Å². The highest BCUT2D eigenvalue weighted by Gasteiger charge is 2.23. The van der Waals surface area contributed by atoms with Gasteiger partial charge in [-0.2, -0.15) is 4.98 Å². The summed E-state index contributed by atoms with van der Waals surface area (Å²) in [5.74, 6) is 2.01. The van der Waals surface area contributed by atoms with Gasteiger partial charge >= 0.3 is 0 Å².